The molecule has 1 aromatic rings. The van der Waals surface area contributed by atoms with Crippen LogP contribution in [0.15, 0.2) is 30.9 Å². The number of carbonyl (C=O) groups is 3. The maximum absolute atomic E-state index is 12.5. The van der Waals surface area contributed by atoms with Crippen LogP contribution in [0.3, 0.4) is 0 Å². The predicted molar refractivity (Wildman–Crippen MR) is 100 cm³/mol. The molecule has 0 saturated heterocycles. The fourth-order valence-corrected chi connectivity index (χ4v) is 3.20. The maximum Gasteiger partial charge on any atom is 0.337 e. The molecule has 1 aliphatic carbocycles. The van der Waals surface area contributed by atoms with E-state index in [-0.39, 0.29) is 23.7 Å². The van der Waals surface area contributed by atoms with Gasteiger partial charge in [0.15, 0.2) is 0 Å². The Kier molecular flexibility index (Phi) is 7.21. The summed E-state index contributed by atoms with van der Waals surface area (Å²) in [6.07, 6.45) is 4.23. The van der Waals surface area contributed by atoms with Crippen LogP contribution in [0.1, 0.15) is 36.0 Å². The summed E-state index contributed by atoms with van der Waals surface area (Å²) in [5.41, 5.74) is 0.695. The standard InChI is InChI=1S/C19H23ClN2O4/c1-3-10-21-17(23)12-4-6-13(7-5-12)18(24)22-16-11-14(19(25)26-2)8-9-15(16)20/h3,8-9,11-13H,1,4-7,10H2,2H3,(H,21,23)(H,22,24). The Bertz CT molecular complexity index is 697. The average molecular weight is 379 g/mol. The number of anilines is 1. The third-order valence-electron chi connectivity index (χ3n) is 4.53. The van der Waals surface area contributed by atoms with Crippen molar-refractivity contribution in [1.29, 1.82) is 0 Å². The molecular formula is C19H23ClN2O4. The number of hydrogen-bond acceptors (Lipinski definition) is 4. The van der Waals surface area contributed by atoms with Crippen molar-refractivity contribution >= 4 is 35.1 Å². The number of hydrogen-bond donors (Lipinski definition) is 2. The van der Waals surface area contributed by atoms with E-state index >= 15 is 0 Å². The quantitative estimate of drug-likeness (QED) is 0.588. The Morgan fingerprint density at radius 2 is 1.81 bits per heavy atom. The molecule has 0 heterocycles. The van der Waals surface area contributed by atoms with Crippen LogP contribution in [0.4, 0.5) is 5.69 Å². The third-order valence-corrected chi connectivity index (χ3v) is 4.86. The minimum absolute atomic E-state index is 0.0116. The van der Waals surface area contributed by atoms with Gasteiger partial charge in [0.1, 0.15) is 0 Å². The van der Waals surface area contributed by atoms with Crippen molar-refractivity contribution in [3.63, 3.8) is 0 Å². The van der Waals surface area contributed by atoms with Gasteiger partial charge in [-0.2, -0.15) is 0 Å². The lowest BCUT2D eigenvalue weighted by Crippen LogP contribution is -2.35. The highest BCUT2D eigenvalue weighted by atomic mass is 35.5. The van der Waals surface area contributed by atoms with Gasteiger partial charge in [0.05, 0.1) is 23.4 Å². The zero-order chi connectivity index (χ0) is 19.1. The zero-order valence-corrected chi connectivity index (χ0v) is 15.5. The van der Waals surface area contributed by atoms with E-state index in [1.54, 1.807) is 12.1 Å². The molecule has 2 N–H and O–H groups in total. The van der Waals surface area contributed by atoms with Gasteiger partial charge in [-0.1, -0.05) is 17.7 Å². The van der Waals surface area contributed by atoms with Gasteiger partial charge >= 0.3 is 5.97 Å². The highest BCUT2D eigenvalue weighted by Crippen LogP contribution is 2.31. The number of amides is 2. The lowest BCUT2D eigenvalue weighted by molar-refractivity contribution is -0.128. The van der Waals surface area contributed by atoms with E-state index in [0.29, 0.717) is 48.5 Å². The summed E-state index contributed by atoms with van der Waals surface area (Å²) < 4.78 is 4.68. The van der Waals surface area contributed by atoms with Gasteiger partial charge in [-0.15, -0.1) is 6.58 Å². The minimum Gasteiger partial charge on any atom is -0.465 e. The first-order valence-corrected chi connectivity index (χ1v) is 8.91. The molecule has 0 radical (unpaired) electrons. The van der Waals surface area contributed by atoms with Gasteiger partial charge in [0, 0.05) is 18.4 Å². The number of benzene rings is 1. The monoisotopic (exact) mass is 378 g/mol. The fraction of sp³-hybridized carbons (Fsp3) is 0.421. The zero-order valence-electron chi connectivity index (χ0n) is 14.7. The van der Waals surface area contributed by atoms with E-state index in [9.17, 15) is 14.4 Å². The van der Waals surface area contributed by atoms with Gasteiger partial charge < -0.3 is 15.4 Å². The smallest absolute Gasteiger partial charge is 0.337 e. The van der Waals surface area contributed by atoms with Gasteiger partial charge in [-0.05, 0) is 43.9 Å². The van der Waals surface area contributed by atoms with Crippen LogP contribution in [-0.2, 0) is 14.3 Å². The Morgan fingerprint density at radius 3 is 2.38 bits per heavy atom. The second-order valence-corrected chi connectivity index (χ2v) is 6.67. The molecule has 0 aromatic heterocycles. The first-order valence-electron chi connectivity index (χ1n) is 8.53. The summed E-state index contributed by atoms with van der Waals surface area (Å²) in [4.78, 5) is 36.1. The van der Waals surface area contributed by atoms with Crippen LogP contribution in [0.5, 0.6) is 0 Å². The fourth-order valence-electron chi connectivity index (χ4n) is 3.04. The Labute approximate surface area is 157 Å². The van der Waals surface area contributed by atoms with Crippen molar-refractivity contribution in [3.05, 3.63) is 41.4 Å². The van der Waals surface area contributed by atoms with Crippen LogP contribution >= 0.6 is 11.6 Å². The summed E-state index contributed by atoms with van der Waals surface area (Å²) in [5.74, 6) is -0.888. The molecule has 0 unspecified atom stereocenters. The number of carbonyl (C=O) groups excluding carboxylic acids is 3. The first-order chi connectivity index (χ1) is 12.5. The van der Waals surface area contributed by atoms with E-state index in [2.05, 4.69) is 21.9 Å². The lowest BCUT2D eigenvalue weighted by Gasteiger charge is -2.27. The van der Waals surface area contributed by atoms with Crippen molar-refractivity contribution in [2.24, 2.45) is 11.8 Å². The normalized spacial score (nSPS) is 19.3. The molecule has 2 amide bonds. The lowest BCUT2D eigenvalue weighted by atomic mass is 9.81. The molecule has 1 saturated carbocycles. The number of methoxy groups -OCH3 is 1. The highest BCUT2D eigenvalue weighted by Gasteiger charge is 2.30. The molecule has 1 aliphatic rings. The SMILES string of the molecule is C=CCNC(=O)C1CCC(C(=O)Nc2cc(C(=O)OC)ccc2Cl)CC1. The Hall–Kier alpha value is -2.34. The molecule has 1 fully saturated rings. The van der Waals surface area contributed by atoms with Crippen LogP contribution in [0.25, 0.3) is 0 Å². The van der Waals surface area contributed by atoms with E-state index in [0.717, 1.165) is 0 Å². The van der Waals surface area contributed by atoms with Crippen molar-refractivity contribution < 1.29 is 19.1 Å². The van der Waals surface area contributed by atoms with E-state index < -0.39 is 5.97 Å². The van der Waals surface area contributed by atoms with Gasteiger partial charge in [0.25, 0.3) is 0 Å². The van der Waals surface area contributed by atoms with Gasteiger partial charge in [0.2, 0.25) is 11.8 Å². The third kappa shape index (κ3) is 5.08. The molecule has 0 bridgehead atoms. The summed E-state index contributed by atoms with van der Waals surface area (Å²) in [7, 11) is 1.29. The Morgan fingerprint density at radius 1 is 1.19 bits per heavy atom. The van der Waals surface area contributed by atoms with E-state index in [1.165, 1.54) is 19.2 Å². The molecule has 0 atom stereocenters. The number of halogens is 1. The molecule has 6 nitrogen and oxygen atoms in total. The van der Waals surface area contributed by atoms with Crippen LogP contribution in [0, 0.1) is 11.8 Å². The van der Waals surface area contributed by atoms with Gasteiger partial charge in [-0.3, -0.25) is 9.59 Å². The first kappa shape index (κ1) is 20.0. The summed E-state index contributed by atoms with van der Waals surface area (Å²) in [6.45, 7) is 4.03. The minimum atomic E-state index is -0.497. The summed E-state index contributed by atoms with van der Waals surface area (Å²) in [6, 6.07) is 4.58. The number of ether oxygens (including phenoxy) is 1. The van der Waals surface area contributed by atoms with Crippen LogP contribution in [-0.4, -0.2) is 31.4 Å². The molecule has 7 heteroatoms. The predicted octanol–water partition coefficient (Wildman–Crippen LogP) is 3.17. The van der Waals surface area contributed by atoms with Crippen molar-refractivity contribution in [1.82, 2.24) is 5.32 Å². The molecule has 2 rings (SSSR count). The summed E-state index contributed by atoms with van der Waals surface area (Å²) in [5, 5.41) is 5.93. The molecule has 26 heavy (non-hydrogen) atoms. The number of esters is 1. The molecule has 0 aliphatic heterocycles. The average Bonchev–Trinajstić information content (AvgIpc) is 2.67. The van der Waals surface area contributed by atoms with Crippen molar-refractivity contribution in [3.8, 4) is 0 Å². The highest BCUT2D eigenvalue weighted by molar-refractivity contribution is 6.33. The van der Waals surface area contributed by atoms with E-state index in [4.69, 9.17) is 11.6 Å². The maximum atomic E-state index is 12.5. The molecule has 0 spiro atoms. The van der Waals surface area contributed by atoms with Crippen LogP contribution in [0.2, 0.25) is 5.02 Å². The topological polar surface area (TPSA) is 84.5 Å². The second kappa shape index (κ2) is 9.38. The van der Waals surface area contributed by atoms with E-state index in [1.807, 2.05) is 0 Å². The number of nitrogens with one attached hydrogen (secondary N) is 2. The molecular weight excluding hydrogens is 356 g/mol. The second-order valence-electron chi connectivity index (χ2n) is 6.26. The van der Waals surface area contributed by atoms with Crippen molar-refractivity contribution in [2.75, 3.05) is 19.0 Å². The number of rotatable bonds is 6. The molecule has 140 valence electrons. The summed E-state index contributed by atoms with van der Waals surface area (Å²) >= 11 is 6.11. The largest absolute Gasteiger partial charge is 0.465 e. The van der Waals surface area contributed by atoms with Crippen LogP contribution < -0.4 is 10.6 Å². The molecule has 1 aromatic carbocycles. The Balaban J connectivity index is 1.94. The van der Waals surface area contributed by atoms with Gasteiger partial charge in [-0.25, -0.2) is 4.79 Å². The van der Waals surface area contributed by atoms with Crippen molar-refractivity contribution in [2.45, 2.75) is 25.7 Å².